The number of rotatable bonds is 9. The van der Waals surface area contributed by atoms with Gasteiger partial charge in [0.15, 0.2) is 0 Å². The zero-order chi connectivity index (χ0) is 18.4. The quantitative estimate of drug-likeness (QED) is 0.410. The van der Waals surface area contributed by atoms with Gasteiger partial charge in [-0.3, -0.25) is 14.9 Å². The van der Waals surface area contributed by atoms with E-state index in [0.29, 0.717) is 50.7 Å². The lowest BCUT2D eigenvalue weighted by Crippen LogP contribution is -2.36. The van der Waals surface area contributed by atoms with Crippen LogP contribution in [0.25, 0.3) is 0 Å². The molecular formula is C18H25N3O5. The highest BCUT2D eigenvalue weighted by molar-refractivity contribution is 5.95. The van der Waals surface area contributed by atoms with Gasteiger partial charge in [0.05, 0.1) is 18.1 Å². The molecule has 1 aliphatic carbocycles. The number of nitro groups is 1. The van der Waals surface area contributed by atoms with E-state index in [-0.39, 0.29) is 11.6 Å². The number of hydrogen-bond acceptors (Lipinski definition) is 6. The second-order valence-electron chi connectivity index (χ2n) is 6.69. The average molecular weight is 363 g/mol. The topological polar surface area (TPSA) is 93.9 Å². The second-order valence-corrected chi connectivity index (χ2v) is 6.69. The summed E-state index contributed by atoms with van der Waals surface area (Å²) in [5.74, 6) is 0.430. The monoisotopic (exact) mass is 363 g/mol. The van der Waals surface area contributed by atoms with Gasteiger partial charge < -0.3 is 19.7 Å². The van der Waals surface area contributed by atoms with Crippen LogP contribution in [0.4, 0.5) is 11.4 Å². The number of nitrogens with one attached hydrogen (secondary N) is 1. The normalized spacial score (nSPS) is 17.2. The minimum absolute atomic E-state index is 0.0488. The fraction of sp³-hybridized carbons (Fsp3) is 0.611. The molecule has 1 saturated carbocycles. The Balaban J connectivity index is 1.53. The lowest BCUT2D eigenvalue weighted by atomic mass is 10.1. The van der Waals surface area contributed by atoms with Crippen molar-refractivity contribution in [3.05, 3.63) is 33.9 Å². The van der Waals surface area contributed by atoms with Crippen molar-refractivity contribution in [2.75, 3.05) is 51.0 Å². The van der Waals surface area contributed by atoms with E-state index < -0.39 is 4.92 Å². The highest BCUT2D eigenvalue weighted by atomic mass is 16.6. The molecule has 1 saturated heterocycles. The molecule has 1 amide bonds. The molecule has 1 aliphatic heterocycles. The van der Waals surface area contributed by atoms with E-state index in [9.17, 15) is 14.9 Å². The molecule has 2 aliphatic rings. The summed E-state index contributed by atoms with van der Waals surface area (Å²) in [6.07, 6.45) is 3.25. The Hall–Kier alpha value is -2.19. The van der Waals surface area contributed by atoms with Crippen LogP contribution in [-0.2, 0) is 9.47 Å². The number of morpholine rings is 1. The van der Waals surface area contributed by atoms with Crippen molar-refractivity contribution in [3.63, 3.8) is 0 Å². The minimum Gasteiger partial charge on any atom is -0.381 e. The van der Waals surface area contributed by atoms with E-state index in [0.717, 1.165) is 18.9 Å². The molecule has 3 rings (SSSR count). The number of anilines is 1. The van der Waals surface area contributed by atoms with Crippen molar-refractivity contribution in [3.8, 4) is 0 Å². The molecule has 0 atom stereocenters. The standard InChI is InChI=1S/C18H25N3O5/c22-18(19-6-1-9-26-13-14-2-3-14)15-4-5-16(17(12-15)21(23)24)20-7-10-25-11-8-20/h4-5,12,14H,1-3,6-11,13H2,(H,19,22). The van der Waals surface area contributed by atoms with Crippen LogP contribution in [0.5, 0.6) is 0 Å². The van der Waals surface area contributed by atoms with Gasteiger partial charge in [-0.2, -0.15) is 0 Å². The summed E-state index contributed by atoms with van der Waals surface area (Å²) in [5, 5.41) is 14.2. The number of hydrogen-bond donors (Lipinski definition) is 1. The van der Waals surface area contributed by atoms with Gasteiger partial charge in [0.1, 0.15) is 5.69 Å². The van der Waals surface area contributed by atoms with Crippen molar-refractivity contribution in [1.29, 1.82) is 0 Å². The van der Waals surface area contributed by atoms with Crippen LogP contribution >= 0.6 is 0 Å². The van der Waals surface area contributed by atoms with Crippen molar-refractivity contribution in [2.45, 2.75) is 19.3 Å². The van der Waals surface area contributed by atoms with Crippen LogP contribution in [0.15, 0.2) is 18.2 Å². The molecule has 0 radical (unpaired) electrons. The van der Waals surface area contributed by atoms with Gasteiger partial charge in [-0.05, 0) is 37.3 Å². The van der Waals surface area contributed by atoms with E-state index in [1.165, 1.54) is 18.9 Å². The Bertz CT molecular complexity index is 642. The van der Waals surface area contributed by atoms with E-state index in [1.807, 2.05) is 4.90 Å². The maximum Gasteiger partial charge on any atom is 0.293 e. The number of nitro benzene ring substituents is 1. The van der Waals surface area contributed by atoms with Crippen molar-refractivity contribution in [2.24, 2.45) is 5.92 Å². The van der Waals surface area contributed by atoms with Crippen LogP contribution in [0, 0.1) is 16.0 Å². The van der Waals surface area contributed by atoms with Crippen LogP contribution in [0.1, 0.15) is 29.6 Å². The van der Waals surface area contributed by atoms with Gasteiger partial charge in [0.25, 0.3) is 11.6 Å². The first kappa shape index (κ1) is 18.6. The maximum atomic E-state index is 12.2. The molecular weight excluding hydrogens is 338 g/mol. The Morgan fingerprint density at radius 3 is 2.81 bits per heavy atom. The molecule has 26 heavy (non-hydrogen) atoms. The summed E-state index contributed by atoms with van der Waals surface area (Å²) in [7, 11) is 0. The molecule has 0 aromatic heterocycles. The lowest BCUT2D eigenvalue weighted by Gasteiger charge is -2.28. The summed E-state index contributed by atoms with van der Waals surface area (Å²) < 4.78 is 10.8. The SMILES string of the molecule is O=C(NCCCOCC1CC1)c1ccc(N2CCOCC2)c([N+](=O)[O-])c1. The highest BCUT2D eigenvalue weighted by Crippen LogP contribution is 2.30. The maximum absolute atomic E-state index is 12.2. The third kappa shape index (κ3) is 5.15. The van der Waals surface area contributed by atoms with Crippen LogP contribution < -0.4 is 10.2 Å². The van der Waals surface area contributed by atoms with Crippen LogP contribution in [0.3, 0.4) is 0 Å². The van der Waals surface area contributed by atoms with Crippen LogP contribution in [-0.4, -0.2) is 56.9 Å². The predicted molar refractivity (Wildman–Crippen MR) is 96.6 cm³/mol. The Labute approximate surface area is 152 Å². The number of carbonyl (C=O) groups is 1. The minimum atomic E-state index is -0.437. The van der Waals surface area contributed by atoms with Gasteiger partial charge in [-0.15, -0.1) is 0 Å². The number of ether oxygens (including phenoxy) is 2. The Morgan fingerprint density at radius 2 is 2.12 bits per heavy atom. The van der Waals surface area contributed by atoms with Crippen LogP contribution in [0.2, 0.25) is 0 Å². The molecule has 8 nitrogen and oxygen atoms in total. The molecule has 1 heterocycles. The molecule has 0 bridgehead atoms. The van der Waals surface area contributed by atoms with Gasteiger partial charge in [-0.25, -0.2) is 0 Å². The molecule has 1 aromatic carbocycles. The first-order valence-electron chi connectivity index (χ1n) is 9.12. The van der Waals surface area contributed by atoms with Gasteiger partial charge in [0.2, 0.25) is 0 Å². The largest absolute Gasteiger partial charge is 0.381 e. The van der Waals surface area contributed by atoms with Gasteiger partial charge >= 0.3 is 0 Å². The smallest absolute Gasteiger partial charge is 0.293 e. The summed E-state index contributed by atoms with van der Waals surface area (Å²) in [6, 6.07) is 4.64. The lowest BCUT2D eigenvalue weighted by molar-refractivity contribution is -0.384. The molecule has 1 aromatic rings. The summed E-state index contributed by atoms with van der Waals surface area (Å²) in [4.78, 5) is 25.2. The van der Waals surface area contributed by atoms with E-state index in [1.54, 1.807) is 12.1 Å². The third-order valence-corrected chi connectivity index (χ3v) is 4.59. The van der Waals surface area contributed by atoms with Crippen molar-refractivity contribution in [1.82, 2.24) is 5.32 Å². The third-order valence-electron chi connectivity index (χ3n) is 4.59. The highest BCUT2D eigenvalue weighted by Gasteiger charge is 2.23. The van der Waals surface area contributed by atoms with Gasteiger partial charge in [0, 0.05) is 44.5 Å². The predicted octanol–water partition coefficient (Wildman–Crippen LogP) is 1.98. The fourth-order valence-corrected chi connectivity index (χ4v) is 2.90. The summed E-state index contributed by atoms with van der Waals surface area (Å²) in [6.45, 7) is 4.21. The molecule has 8 heteroatoms. The molecule has 0 spiro atoms. The van der Waals surface area contributed by atoms with E-state index in [4.69, 9.17) is 9.47 Å². The number of carbonyl (C=O) groups excluding carboxylic acids is 1. The van der Waals surface area contributed by atoms with Gasteiger partial charge in [-0.1, -0.05) is 0 Å². The first-order chi connectivity index (χ1) is 12.6. The average Bonchev–Trinajstić information content (AvgIpc) is 3.49. The molecule has 0 unspecified atom stereocenters. The van der Waals surface area contributed by atoms with E-state index >= 15 is 0 Å². The zero-order valence-electron chi connectivity index (χ0n) is 14.8. The molecule has 2 fully saturated rings. The summed E-state index contributed by atoms with van der Waals surface area (Å²) >= 11 is 0. The molecule has 142 valence electrons. The Kier molecular flexibility index (Phi) is 6.40. The molecule has 1 N–H and O–H groups in total. The number of amides is 1. The van der Waals surface area contributed by atoms with E-state index in [2.05, 4.69) is 5.32 Å². The Morgan fingerprint density at radius 1 is 1.35 bits per heavy atom. The number of nitrogens with zero attached hydrogens (tertiary/aromatic N) is 2. The van der Waals surface area contributed by atoms with Crippen molar-refractivity contribution < 1.29 is 19.2 Å². The number of benzene rings is 1. The first-order valence-corrected chi connectivity index (χ1v) is 9.12. The fourth-order valence-electron chi connectivity index (χ4n) is 2.90. The summed E-state index contributed by atoms with van der Waals surface area (Å²) in [5.41, 5.74) is 0.781. The second kappa shape index (κ2) is 8.95. The zero-order valence-corrected chi connectivity index (χ0v) is 14.8. The van der Waals surface area contributed by atoms with Crippen molar-refractivity contribution >= 4 is 17.3 Å².